The second kappa shape index (κ2) is 11.7. The topological polar surface area (TPSA) is 140 Å². The Labute approximate surface area is 230 Å². The number of nitrogens with one attached hydrogen (secondary N) is 2. The van der Waals surface area contributed by atoms with Gasteiger partial charge in [-0.2, -0.15) is 0 Å². The molecule has 0 unspecified atom stereocenters. The highest BCUT2D eigenvalue weighted by Crippen LogP contribution is 2.26. The molecular weight excluding hydrogens is 607 g/mol. The predicted molar refractivity (Wildman–Crippen MR) is 146 cm³/mol. The van der Waals surface area contributed by atoms with Crippen molar-refractivity contribution in [1.82, 2.24) is 10.2 Å². The number of hydrogen-bond acceptors (Lipinski definition) is 7. The average molecular weight is 628 g/mol. The van der Waals surface area contributed by atoms with E-state index in [1.54, 1.807) is 54.6 Å². The second-order valence-corrected chi connectivity index (χ2v) is 9.20. The van der Waals surface area contributed by atoms with E-state index in [0.717, 1.165) is 8.47 Å². The number of benzene rings is 3. The first kappa shape index (κ1) is 26.6. The molecule has 194 valence electrons. The molecule has 2 N–H and O–H groups in total. The molecule has 1 saturated heterocycles. The Kier molecular flexibility index (Phi) is 8.21. The number of methoxy groups -OCH3 is 1. The molecule has 3 aromatic carbocycles. The fraction of sp³-hybridized carbons (Fsp3) is 0.115. The highest BCUT2D eigenvalue weighted by Gasteiger charge is 2.35. The van der Waals surface area contributed by atoms with Crippen molar-refractivity contribution in [3.05, 3.63) is 97.2 Å². The summed E-state index contributed by atoms with van der Waals surface area (Å²) in [5.41, 5.74) is 1.71. The number of imide groups is 1. The van der Waals surface area contributed by atoms with Gasteiger partial charge in [-0.15, -0.1) is 0 Å². The van der Waals surface area contributed by atoms with E-state index in [1.165, 1.54) is 25.3 Å². The molecule has 1 heterocycles. The van der Waals surface area contributed by atoms with Gasteiger partial charge in [-0.1, -0.05) is 30.3 Å². The number of urea groups is 1. The number of non-ortho nitro benzene ring substituents is 1. The highest BCUT2D eigenvalue weighted by atomic mass is 127. The number of carbonyl (C=O) groups excluding carboxylic acids is 3. The van der Waals surface area contributed by atoms with Gasteiger partial charge >= 0.3 is 6.03 Å². The molecule has 1 aliphatic heterocycles. The van der Waals surface area contributed by atoms with Crippen LogP contribution < -0.4 is 20.1 Å². The number of nitro benzene ring substituents is 1. The first-order chi connectivity index (χ1) is 18.2. The molecule has 4 amide bonds. The van der Waals surface area contributed by atoms with Gasteiger partial charge in [0.25, 0.3) is 11.6 Å². The van der Waals surface area contributed by atoms with E-state index in [1.807, 2.05) is 0 Å². The van der Waals surface area contributed by atoms with Crippen LogP contribution in [-0.4, -0.2) is 41.3 Å². The zero-order valence-electron chi connectivity index (χ0n) is 20.0. The maximum atomic E-state index is 12.8. The molecule has 0 saturated carbocycles. The SMILES string of the molecule is COc1ccccc1NC(=O)CN1C(=O)N/C(=C/c2ccc(OCc3cccc([N+](=O)[O-])c3)c(I)c2)C1=O. The summed E-state index contributed by atoms with van der Waals surface area (Å²) in [5.74, 6) is -0.188. The Morgan fingerprint density at radius 1 is 1.11 bits per heavy atom. The van der Waals surface area contributed by atoms with Crippen molar-refractivity contribution in [1.29, 1.82) is 0 Å². The molecule has 1 fully saturated rings. The summed E-state index contributed by atoms with van der Waals surface area (Å²) in [5, 5.41) is 16.1. The van der Waals surface area contributed by atoms with Gasteiger partial charge in [0.2, 0.25) is 5.91 Å². The van der Waals surface area contributed by atoms with E-state index in [-0.39, 0.29) is 18.0 Å². The van der Waals surface area contributed by atoms with Crippen molar-refractivity contribution in [2.75, 3.05) is 19.0 Å². The molecular formula is C26H21IN4O7. The lowest BCUT2D eigenvalue weighted by Crippen LogP contribution is -2.38. The van der Waals surface area contributed by atoms with Crippen LogP contribution in [0.1, 0.15) is 11.1 Å². The van der Waals surface area contributed by atoms with Crippen LogP contribution in [0, 0.1) is 13.7 Å². The third-order valence-electron chi connectivity index (χ3n) is 5.43. The first-order valence-corrected chi connectivity index (χ1v) is 12.3. The summed E-state index contributed by atoms with van der Waals surface area (Å²) in [7, 11) is 1.47. The van der Waals surface area contributed by atoms with Gasteiger partial charge in [0.15, 0.2) is 0 Å². The Balaban J connectivity index is 1.40. The maximum Gasteiger partial charge on any atom is 0.329 e. The largest absolute Gasteiger partial charge is 0.495 e. The van der Waals surface area contributed by atoms with E-state index in [2.05, 4.69) is 33.2 Å². The summed E-state index contributed by atoms with van der Waals surface area (Å²) >= 11 is 2.07. The molecule has 0 aromatic heterocycles. The fourth-order valence-corrected chi connectivity index (χ4v) is 4.30. The Morgan fingerprint density at radius 3 is 2.63 bits per heavy atom. The number of halogens is 1. The number of carbonyl (C=O) groups is 3. The van der Waals surface area contributed by atoms with Crippen molar-refractivity contribution in [2.24, 2.45) is 0 Å². The van der Waals surface area contributed by atoms with Crippen molar-refractivity contribution < 1.29 is 28.8 Å². The molecule has 0 radical (unpaired) electrons. The lowest BCUT2D eigenvalue weighted by molar-refractivity contribution is -0.384. The molecule has 4 rings (SSSR count). The van der Waals surface area contributed by atoms with Gasteiger partial charge in [-0.25, -0.2) is 9.69 Å². The van der Waals surface area contributed by atoms with E-state index >= 15 is 0 Å². The molecule has 12 heteroatoms. The smallest absolute Gasteiger partial charge is 0.329 e. The van der Waals surface area contributed by atoms with Crippen LogP contribution in [0.2, 0.25) is 0 Å². The minimum atomic E-state index is -0.706. The zero-order chi connectivity index (χ0) is 27.2. The van der Waals surface area contributed by atoms with Crippen LogP contribution in [-0.2, 0) is 16.2 Å². The number of nitro groups is 1. The fourth-order valence-electron chi connectivity index (χ4n) is 3.61. The molecule has 11 nitrogen and oxygen atoms in total. The quantitative estimate of drug-likeness (QED) is 0.118. The number of rotatable bonds is 9. The molecule has 0 bridgehead atoms. The molecule has 0 atom stereocenters. The van der Waals surface area contributed by atoms with Gasteiger partial charge in [-0.05, 0) is 64.1 Å². The molecule has 38 heavy (non-hydrogen) atoms. The average Bonchev–Trinajstić information content (AvgIpc) is 3.15. The van der Waals surface area contributed by atoms with Crippen LogP contribution in [0.25, 0.3) is 6.08 Å². The third kappa shape index (κ3) is 6.26. The van der Waals surface area contributed by atoms with E-state index in [0.29, 0.717) is 28.3 Å². The lowest BCUT2D eigenvalue weighted by Gasteiger charge is -2.13. The van der Waals surface area contributed by atoms with Crippen LogP contribution in [0.5, 0.6) is 11.5 Å². The minimum absolute atomic E-state index is 0.0163. The molecule has 0 spiro atoms. The normalized spacial score (nSPS) is 13.8. The second-order valence-electron chi connectivity index (χ2n) is 8.03. The Bertz CT molecular complexity index is 1460. The van der Waals surface area contributed by atoms with Gasteiger partial charge in [0, 0.05) is 12.1 Å². The predicted octanol–water partition coefficient (Wildman–Crippen LogP) is 4.32. The third-order valence-corrected chi connectivity index (χ3v) is 6.27. The summed E-state index contributed by atoms with van der Waals surface area (Å²) in [4.78, 5) is 49.0. The number of ether oxygens (including phenoxy) is 2. The van der Waals surface area contributed by atoms with Crippen molar-refractivity contribution >= 4 is 57.9 Å². The molecule has 3 aromatic rings. The van der Waals surface area contributed by atoms with E-state index in [4.69, 9.17) is 9.47 Å². The molecule has 1 aliphatic rings. The Morgan fingerprint density at radius 2 is 1.89 bits per heavy atom. The number of nitrogens with zero attached hydrogens (tertiary/aromatic N) is 2. The van der Waals surface area contributed by atoms with E-state index in [9.17, 15) is 24.5 Å². The van der Waals surface area contributed by atoms with Crippen molar-refractivity contribution in [3.8, 4) is 11.5 Å². The standard InChI is InChI=1S/C26H21IN4O7/c1-37-23-8-3-2-7-20(23)28-24(32)14-30-25(33)21(29-26(30)34)13-16-9-10-22(19(27)12-16)38-15-17-5-4-6-18(11-17)31(35)36/h2-13H,14-15H2,1H3,(H,28,32)(H,29,34)/b21-13+. The number of hydrogen-bond donors (Lipinski definition) is 2. The van der Waals surface area contributed by atoms with Crippen LogP contribution in [0.4, 0.5) is 16.2 Å². The zero-order valence-corrected chi connectivity index (χ0v) is 22.1. The highest BCUT2D eigenvalue weighted by molar-refractivity contribution is 14.1. The summed E-state index contributed by atoms with van der Waals surface area (Å²) < 4.78 is 11.7. The maximum absolute atomic E-state index is 12.8. The van der Waals surface area contributed by atoms with Crippen LogP contribution >= 0.6 is 22.6 Å². The van der Waals surface area contributed by atoms with Crippen LogP contribution in [0.15, 0.2) is 72.4 Å². The van der Waals surface area contributed by atoms with Gasteiger partial charge < -0.3 is 20.1 Å². The number of amides is 4. The van der Waals surface area contributed by atoms with E-state index < -0.39 is 29.3 Å². The van der Waals surface area contributed by atoms with Crippen LogP contribution in [0.3, 0.4) is 0 Å². The van der Waals surface area contributed by atoms with Gasteiger partial charge in [-0.3, -0.25) is 19.7 Å². The van der Waals surface area contributed by atoms with Gasteiger partial charge in [0.1, 0.15) is 30.3 Å². The van der Waals surface area contributed by atoms with Crippen molar-refractivity contribution in [2.45, 2.75) is 6.61 Å². The first-order valence-electron chi connectivity index (χ1n) is 11.2. The Hall–Kier alpha value is -4.46. The number of para-hydroxylation sites is 2. The summed E-state index contributed by atoms with van der Waals surface area (Å²) in [6.45, 7) is -0.333. The lowest BCUT2D eigenvalue weighted by atomic mass is 10.2. The van der Waals surface area contributed by atoms with Crippen molar-refractivity contribution in [3.63, 3.8) is 0 Å². The van der Waals surface area contributed by atoms with Gasteiger partial charge in [0.05, 0.1) is 21.3 Å². The summed E-state index contributed by atoms with van der Waals surface area (Å²) in [6, 6.07) is 17.4. The number of anilines is 1. The summed E-state index contributed by atoms with van der Waals surface area (Å²) in [6.07, 6.45) is 1.50. The minimum Gasteiger partial charge on any atom is -0.495 e. The monoisotopic (exact) mass is 628 g/mol. The molecule has 0 aliphatic carbocycles.